The molecule has 0 heterocycles. The zero-order chi connectivity index (χ0) is 58.2. The molecule has 0 rings (SSSR count). The van der Waals surface area contributed by atoms with Gasteiger partial charge in [-0.05, 0) is 58.3 Å². The van der Waals surface area contributed by atoms with Crippen LogP contribution in [0.1, 0.15) is 194 Å². The van der Waals surface area contributed by atoms with Gasteiger partial charge in [-0.15, -0.1) is 0 Å². The van der Waals surface area contributed by atoms with Crippen LogP contribution in [0, 0.1) is 11.8 Å². The normalized spacial score (nSPS) is 12.6. The molecule has 0 aromatic rings. The second-order valence-corrected chi connectivity index (χ2v) is 19.8. The predicted octanol–water partition coefficient (Wildman–Crippen LogP) is 5.50. The maximum absolute atomic E-state index is 12.7. The molecule has 0 fully saturated rings. The molecule has 0 saturated heterocycles. The molecule has 0 aliphatic heterocycles. The van der Waals surface area contributed by atoms with Crippen molar-refractivity contribution in [1.82, 2.24) is 21.3 Å². The highest BCUT2D eigenvalue weighted by atomic mass is 16.5. The standard InChI is InChI=1S/C55H94N4O19/c1-41(42(2)60)20-17-18-30-56-51(66)40-78-37-34-75-32-19-21-45(62)39-77-36-35-76-33-31-57-48(63)28-24-43(53(69)70)38-44(61)25-26-46(54(71)72)59-50(65)29-27-47(55(73)74)58-49(64)22-15-13-11-9-7-5-3-4-6-8-10-12-14-16-23-52(67)68/h41,43,46-47H,3-40H2,1-2H3,(H,56,66)(H,57,63)(H,58,64)(H,59,65)(H,67,68)(H,69,70)(H,71,72)(H,73,74)/t41-,43+,46-,47-/m0/s1. The predicted molar refractivity (Wildman–Crippen MR) is 286 cm³/mol. The lowest BCUT2D eigenvalue weighted by molar-refractivity contribution is -0.145. The van der Waals surface area contributed by atoms with E-state index in [0.29, 0.717) is 26.0 Å². The number of unbranched alkanes of at least 4 members (excludes halogenated alkanes) is 14. The number of carboxylic acids is 4. The number of carbonyl (C=O) groups is 11. The maximum Gasteiger partial charge on any atom is 0.326 e. The summed E-state index contributed by atoms with van der Waals surface area (Å²) < 4.78 is 21.4. The summed E-state index contributed by atoms with van der Waals surface area (Å²) in [5, 5.41) is 47.7. The molecular formula is C55H94N4O19. The molecule has 448 valence electrons. The van der Waals surface area contributed by atoms with Gasteiger partial charge in [0.05, 0.1) is 39.0 Å². The van der Waals surface area contributed by atoms with Gasteiger partial charge in [-0.1, -0.05) is 90.4 Å². The molecule has 78 heavy (non-hydrogen) atoms. The average Bonchev–Trinajstić information content (AvgIpc) is 3.38. The molecule has 4 atom stereocenters. The highest BCUT2D eigenvalue weighted by Gasteiger charge is 2.27. The van der Waals surface area contributed by atoms with Gasteiger partial charge in [0.1, 0.15) is 36.9 Å². The number of aliphatic carboxylic acids is 4. The van der Waals surface area contributed by atoms with E-state index in [2.05, 4.69) is 21.3 Å². The van der Waals surface area contributed by atoms with Gasteiger partial charge in [0.15, 0.2) is 5.78 Å². The molecule has 0 aromatic carbocycles. The molecule has 8 N–H and O–H groups in total. The molecule has 0 spiro atoms. The Kier molecular flexibility index (Phi) is 45.3. The lowest BCUT2D eigenvalue weighted by Crippen LogP contribution is -2.44. The van der Waals surface area contributed by atoms with E-state index in [1.807, 2.05) is 6.92 Å². The Labute approximate surface area is 460 Å². The number of nitrogens with one attached hydrogen (secondary N) is 4. The van der Waals surface area contributed by atoms with E-state index in [1.54, 1.807) is 6.92 Å². The van der Waals surface area contributed by atoms with Gasteiger partial charge >= 0.3 is 23.9 Å². The van der Waals surface area contributed by atoms with E-state index in [4.69, 9.17) is 24.1 Å². The summed E-state index contributed by atoms with van der Waals surface area (Å²) in [7, 11) is 0. The molecule has 23 nitrogen and oxygen atoms in total. The molecular weight excluding hydrogens is 1020 g/mol. The molecule has 0 aliphatic carbocycles. The fourth-order valence-corrected chi connectivity index (χ4v) is 7.95. The van der Waals surface area contributed by atoms with Crippen molar-refractivity contribution in [3.63, 3.8) is 0 Å². The topological polar surface area (TPSA) is 354 Å². The number of amides is 4. The van der Waals surface area contributed by atoms with Crippen molar-refractivity contribution in [2.45, 2.75) is 206 Å². The summed E-state index contributed by atoms with van der Waals surface area (Å²) in [5.74, 6) is -8.60. The zero-order valence-electron chi connectivity index (χ0n) is 46.6. The molecule has 0 aromatic heterocycles. The molecule has 23 heteroatoms. The number of ether oxygens (including phenoxy) is 4. The summed E-state index contributed by atoms with van der Waals surface area (Å²) >= 11 is 0. The highest BCUT2D eigenvalue weighted by molar-refractivity contribution is 5.88. The molecule has 0 saturated carbocycles. The van der Waals surface area contributed by atoms with E-state index in [1.165, 1.54) is 25.7 Å². The monoisotopic (exact) mass is 1110 g/mol. The Hall–Kier alpha value is -5.39. The zero-order valence-corrected chi connectivity index (χ0v) is 46.6. The number of ketones is 3. The van der Waals surface area contributed by atoms with Gasteiger partial charge < -0.3 is 60.6 Å². The van der Waals surface area contributed by atoms with Crippen LogP contribution in [0.15, 0.2) is 0 Å². The minimum atomic E-state index is -1.52. The van der Waals surface area contributed by atoms with Crippen LogP contribution < -0.4 is 21.3 Å². The quantitative estimate of drug-likeness (QED) is 0.0349. The van der Waals surface area contributed by atoms with Crippen molar-refractivity contribution in [2.75, 3.05) is 65.9 Å². The average molecular weight is 1120 g/mol. The summed E-state index contributed by atoms with van der Waals surface area (Å²) in [5.41, 5.74) is 0. The van der Waals surface area contributed by atoms with Gasteiger partial charge in [-0.25, -0.2) is 9.59 Å². The van der Waals surface area contributed by atoms with Crippen molar-refractivity contribution >= 4 is 64.9 Å². The van der Waals surface area contributed by atoms with Gasteiger partial charge in [-0.3, -0.25) is 43.2 Å². The molecule has 4 amide bonds. The van der Waals surface area contributed by atoms with Crippen molar-refractivity contribution in [1.29, 1.82) is 0 Å². The Morgan fingerprint density at radius 3 is 1.40 bits per heavy atom. The number of hydrogen-bond acceptors (Lipinski definition) is 15. The first-order valence-corrected chi connectivity index (χ1v) is 28.2. The first kappa shape index (κ1) is 72.6. The van der Waals surface area contributed by atoms with Crippen molar-refractivity contribution in [2.24, 2.45) is 11.8 Å². The van der Waals surface area contributed by atoms with Gasteiger partial charge in [0, 0.05) is 70.6 Å². The Morgan fingerprint density at radius 1 is 0.385 bits per heavy atom. The first-order valence-electron chi connectivity index (χ1n) is 28.2. The Bertz CT molecular complexity index is 1760. The molecule has 0 unspecified atom stereocenters. The van der Waals surface area contributed by atoms with Crippen LogP contribution in [0.25, 0.3) is 0 Å². The van der Waals surface area contributed by atoms with E-state index in [9.17, 15) is 68.1 Å². The fourth-order valence-electron chi connectivity index (χ4n) is 7.95. The first-order chi connectivity index (χ1) is 37.3. The minimum Gasteiger partial charge on any atom is -0.481 e. The van der Waals surface area contributed by atoms with Crippen molar-refractivity contribution in [3.05, 3.63) is 0 Å². The van der Waals surface area contributed by atoms with E-state index in [-0.39, 0.29) is 128 Å². The van der Waals surface area contributed by atoms with Gasteiger partial charge in [-0.2, -0.15) is 0 Å². The fraction of sp³-hybridized carbons (Fsp3) is 0.800. The van der Waals surface area contributed by atoms with Crippen molar-refractivity contribution < 1.29 is 92.1 Å². The lowest BCUT2D eigenvalue weighted by Gasteiger charge is -2.17. The molecule has 0 radical (unpaired) electrons. The maximum atomic E-state index is 12.7. The minimum absolute atomic E-state index is 0.0299. The van der Waals surface area contributed by atoms with Gasteiger partial charge in [0.2, 0.25) is 23.6 Å². The van der Waals surface area contributed by atoms with Crippen LogP contribution in [0.3, 0.4) is 0 Å². The Balaban J connectivity index is 4.15. The second kappa shape index (κ2) is 48.7. The third kappa shape index (κ3) is 45.6. The molecule has 0 aliphatic rings. The van der Waals surface area contributed by atoms with E-state index in [0.717, 1.165) is 77.0 Å². The number of rotatable bonds is 56. The van der Waals surface area contributed by atoms with Crippen LogP contribution in [0.2, 0.25) is 0 Å². The largest absolute Gasteiger partial charge is 0.481 e. The van der Waals surface area contributed by atoms with Crippen LogP contribution in [0.4, 0.5) is 0 Å². The Morgan fingerprint density at radius 2 is 0.859 bits per heavy atom. The summed E-state index contributed by atoms with van der Waals surface area (Å²) in [6.45, 7) is 5.15. The van der Waals surface area contributed by atoms with Crippen LogP contribution in [-0.4, -0.2) is 163 Å². The number of carbonyl (C=O) groups excluding carboxylic acids is 7. The lowest BCUT2D eigenvalue weighted by atomic mass is 9.94. The number of hydrogen-bond donors (Lipinski definition) is 8. The van der Waals surface area contributed by atoms with Crippen molar-refractivity contribution in [3.8, 4) is 0 Å². The van der Waals surface area contributed by atoms with Crippen LogP contribution in [0.5, 0.6) is 0 Å². The van der Waals surface area contributed by atoms with Crippen LogP contribution in [-0.2, 0) is 71.7 Å². The van der Waals surface area contributed by atoms with E-state index < -0.39 is 78.2 Å². The summed E-state index contributed by atoms with van der Waals surface area (Å²) in [6, 6.07) is -2.90. The number of carboxylic acid groups (broad SMARTS) is 4. The third-order valence-corrected chi connectivity index (χ3v) is 12.9. The third-order valence-electron chi connectivity index (χ3n) is 12.9. The second-order valence-electron chi connectivity index (χ2n) is 19.8. The SMILES string of the molecule is CC(=O)[C@@H](C)CCCCNC(=O)COCCOCCCC(=O)COCCOCCNC(=O)CC[C@H](CC(=O)CC[C@H](NC(=O)CC[C@H](NC(=O)CCCCCCCCCCCCCCCCC(=O)O)C(=O)O)C(=O)O)C(=O)O. The summed E-state index contributed by atoms with van der Waals surface area (Å²) in [6.07, 6.45) is 15.4. The van der Waals surface area contributed by atoms with E-state index >= 15 is 0 Å². The van der Waals surface area contributed by atoms with Crippen LogP contribution >= 0.6 is 0 Å². The highest BCUT2D eigenvalue weighted by Crippen LogP contribution is 2.17. The van der Waals surface area contributed by atoms with Gasteiger partial charge in [0.25, 0.3) is 0 Å². The molecule has 0 bridgehead atoms. The summed E-state index contributed by atoms with van der Waals surface area (Å²) in [4.78, 5) is 131. The smallest absolute Gasteiger partial charge is 0.326 e. The number of Topliss-reactive ketones (excluding diaryl/α,β-unsaturated/α-hetero) is 3.